The van der Waals surface area contributed by atoms with Crippen LogP contribution in [0.1, 0.15) is 31.4 Å². The summed E-state index contributed by atoms with van der Waals surface area (Å²) in [6.45, 7) is 2.91. The first-order chi connectivity index (χ1) is 9.55. The first-order valence-corrected chi connectivity index (χ1v) is 8.94. The maximum atomic E-state index is 11.6. The molecule has 1 fully saturated rings. The summed E-state index contributed by atoms with van der Waals surface area (Å²) in [4.78, 5) is 0. The zero-order valence-electron chi connectivity index (χ0n) is 12.1. The molecule has 2 atom stereocenters. The van der Waals surface area contributed by atoms with Gasteiger partial charge in [0.25, 0.3) is 0 Å². The van der Waals surface area contributed by atoms with Crippen molar-refractivity contribution in [2.75, 3.05) is 25.2 Å². The van der Waals surface area contributed by atoms with Crippen LogP contribution in [0.25, 0.3) is 0 Å². The van der Waals surface area contributed by atoms with Crippen molar-refractivity contribution in [1.82, 2.24) is 5.32 Å². The average molecular weight is 297 g/mol. The van der Waals surface area contributed by atoms with Crippen molar-refractivity contribution in [3.05, 3.63) is 29.8 Å². The molecule has 2 rings (SSSR count). The van der Waals surface area contributed by atoms with Gasteiger partial charge in [-0.1, -0.05) is 25.1 Å². The van der Waals surface area contributed by atoms with Crippen molar-refractivity contribution < 1.29 is 13.2 Å². The summed E-state index contributed by atoms with van der Waals surface area (Å²) in [6, 6.07) is 8.09. The van der Waals surface area contributed by atoms with Gasteiger partial charge in [0.1, 0.15) is 5.75 Å². The van der Waals surface area contributed by atoms with Crippen molar-refractivity contribution >= 4 is 9.84 Å². The van der Waals surface area contributed by atoms with E-state index in [1.807, 2.05) is 18.2 Å². The molecule has 112 valence electrons. The van der Waals surface area contributed by atoms with Crippen LogP contribution >= 0.6 is 0 Å². The molecule has 1 heterocycles. The Morgan fingerprint density at radius 2 is 2.15 bits per heavy atom. The zero-order chi connectivity index (χ0) is 14.6. The Kier molecular flexibility index (Phi) is 5.05. The first-order valence-electron chi connectivity index (χ1n) is 7.12. The first kappa shape index (κ1) is 15.3. The van der Waals surface area contributed by atoms with Crippen LogP contribution in [-0.2, 0) is 9.84 Å². The second-order valence-corrected chi connectivity index (χ2v) is 7.59. The maximum absolute atomic E-state index is 11.6. The van der Waals surface area contributed by atoms with Gasteiger partial charge in [0.05, 0.1) is 18.6 Å². The van der Waals surface area contributed by atoms with Crippen LogP contribution < -0.4 is 10.1 Å². The molecule has 0 amide bonds. The van der Waals surface area contributed by atoms with Crippen molar-refractivity contribution in [2.45, 2.75) is 25.8 Å². The van der Waals surface area contributed by atoms with Gasteiger partial charge in [-0.05, 0) is 31.4 Å². The van der Waals surface area contributed by atoms with Crippen LogP contribution in [0.4, 0.5) is 0 Å². The molecule has 20 heavy (non-hydrogen) atoms. The molecule has 0 saturated carbocycles. The maximum Gasteiger partial charge on any atom is 0.150 e. The highest BCUT2D eigenvalue weighted by Gasteiger charge is 2.30. The lowest BCUT2D eigenvalue weighted by Crippen LogP contribution is -2.24. The number of sulfone groups is 1. The number of hydrogen-bond donors (Lipinski definition) is 1. The monoisotopic (exact) mass is 297 g/mol. The number of nitrogens with one attached hydrogen (secondary N) is 1. The molecule has 1 aliphatic rings. The van der Waals surface area contributed by atoms with E-state index < -0.39 is 9.84 Å². The van der Waals surface area contributed by atoms with E-state index in [4.69, 9.17) is 4.74 Å². The quantitative estimate of drug-likeness (QED) is 0.874. The minimum atomic E-state index is -2.81. The molecule has 1 N–H and O–H groups in total. The molecular formula is C15H23NO3S. The Bertz CT molecular complexity index is 542. The molecule has 1 aromatic carbocycles. The Labute approximate surface area is 121 Å². The van der Waals surface area contributed by atoms with Crippen molar-refractivity contribution in [3.8, 4) is 5.75 Å². The summed E-state index contributed by atoms with van der Waals surface area (Å²) in [5, 5.41) is 3.45. The molecular weight excluding hydrogens is 274 g/mol. The largest absolute Gasteiger partial charge is 0.496 e. The highest BCUT2D eigenvalue weighted by atomic mass is 32.2. The van der Waals surface area contributed by atoms with E-state index in [0.717, 1.165) is 30.7 Å². The molecule has 0 aromatic heterocycles. The molecule has 1 aromatic rings. The summed E-state index contributed by atoms with van der Waals surface area (Å²) >= 11 is 0. The van der Waals surface area contributed by atoms with Crippen LogP contribution in [0, 0.1) is 5.92 Å². The second-order valence-electron chi connectivity index (χ2n) is 5.36. The normalized spacial score (nSPS) is 22.6. The smallest absolute Gasteiger partial charge is 0.150 e. The summed E-state index contributed by atoms with van der Waals surface area (Å²) in [5.74, 6) is 1.76. The number of hydrogen-bond acceptors (Lipinski definition) is 4. The Hall–Kier alpha value is -1.07. The minimum Gasteiger partial charge on any atom is -0.496 e. The van der Waals surface area contributed by atoms with Gasteiger partial charge >= 0.3 is 0 Å². The van der Waals surface area contributed by atoms with Gasteiger partial charge in [0.15, 0.2) is 9.84 Å². The van der Waals surface area contributed by atoms with Gasteiger partial charge in [-0.3, -0.25) is 0 Å². The van der Waals surface area contributed by atoms with Crippen LogP contribution in [0.5, 0.6) is 5.75 Å². The van der Waals surface area contributed by atoms with Gasteiger partial charge in [-0.15, -0.1) is 0 Å². The van der Waals surface area contributed by atoms with E-state index in [0.29, 0.717) is 11.5 Å². The van der Waals surface area contributed by atoms with Gasteiger partial charge in [0, 0.05) is 11.6 Å². The Balaban J connectivity index is 2.15. The summed E-state index contributed by atoms with van der Waals surface area (Å²) in [7, 11) is -1.14. The third-order valence-corrected chi connectivity index (χ3v) is 5.70. The van der Waals surface area contributed by atoms with Crippen molar-refractivity contribution in [2.24, 2.45) is 5.92 Å². The van der Waals surface area contributed by atoms with E-state index in [2.05, 4.69) is 18.3 Å². The lowest BCUT2D eigenvalue weighted by molar-refractivity contribution is 0.379. The predicted molar refractivity (Wildman–Crippen MR) is 80.8 cm³/mol. The molecule has 0 bridgehead atoms. The van der Waals surface area contributed by atoms with Crippen LogP contribution in [0.3, 0.4) is 0 Å². The van der Waals surface area contributed by atoms with Gasteiger partial charge in [-0.2, -0.15) is 0 Å². The fraction of sp³-hybridized carbons (Fsp3) is 0.600. The SMILES string of the molecule is CCNC(CC1CCS(=O)(=O)C1)c1ccccc1OC. The molecule has 4 nitrogen and oxygen atoms in total. The molecule has 5 heteroatoms. The van der Waals surface area contributed by atoms with Crippen molar-refractivity contribution in [3.63, 3.8) is 0 Å². The van der Waals surface area contributed by atoms with Crippen LogP contribution in [-0.4, -0.2) is 33.6 Å². The third-order valence-electron chi connectivity index (χ3n) is 3.86. The number of ether oxygens (including phenoxy) is 1. The lowest BCUT2D eigenvalue weighted by Gasteiger charge is -2.23. The molecule has 1 aliphatic heterocycles. The van der Waals surface area contributed by atoms with E-state index in [1.54, 1.807) is 7.11 Å². The third kappa shape index (κ3) is 3.73. The number of methoxy groups -OCH3 is 1. The fourth-order valence-corrected chi connectivity index (χ4v) is 4.79. The highest BCUT2D eigenvalue weighted by Crippen LogP contribution is 2.33. The minimum absolute atomic E-state index is 0.148. The van der Waals surface area contributed by atoms with Crippen LogP contribution in [0.15, 0.2) is 24.3 Å². The fourth-order valence-electron chi connectivity index (χ4n) is 2.91. The highest BCUT2D eigenvalue weighted by molar-refractivity contribution is 7.91. The van der Waals surface area contributed by atoms with E-state index >= 15 is 0 Å². The van der Waals surface area contributed by atoms with Gasteiger partial charge in [-0.25, -0.2) is 8.42 Å². The standard InChI is InChI=1S/C15H23NO3S/c1-3-16-14(10-12-8-9-20(17,18)11-12)13-6-4-5-7-15(13)19-2/h4-7,12,14,16H,3,8-11H2,1-2H3. The molecule has 0 spiro atoms. The molecule has 2 unspecified atom stereocenters. The van der Waals surface area contributed by atoms with Gasteiger partial charge in [0.2, 0.25) is 0 Å². The average Bonchev–Trinajstić information content (AvgIpc) is 2.77. The molecule has 0 aliphatic carbocycles. The van der Waals surface area contributed by atoms with Gasteiger partial charge < -0.3 is 10.1 Å². The topological polar surface area (TPSA) is 55.4 Å². The van der Waals surface area contributed by atoms with Crippen LogP contribution in [0.2, 0.25) is 0 Å². The van der Waals surface area contributed by atoms with E-state index in [-0.39, 0.29) is 12.0 Å². The Morgan fingerprint density at radius 1 is 1.40 bits per heavy atom. The molecule has 0 radical (unpaired) electrons. The number of rotatable bonds is 6. The summed E-state index contributed by atoms with van der Waals surface area (Å²) in [5.41, 5.74) is 1.11. The predicted octanol–water partition coefficient (Wildman–Crippen LogP) is 2.17. The Morgan fingerprint density at radius 3 is 2.75 bits per heavy atom. The second kappa shape index (κ2) is 6.59. The van der Waals surface area contributed by atoms with E-state index in [9.17, 15) is 8.42 Å². The molecule has 1 saturated heterocycles. The number of para-hydroxylation sites is 1. The van der Waals surface area contributed by atoms with E-state index in [1.165, 1.54) is 0 Å². The summed E-state index contributed by atoms with van der Waals surface area (Å²) < 4.78 is 28.6. The van der Waals surface area contributed by atoms with Crippen molar-refractivity contribution in [1.29, 1.82) is 0 Å². The lowest BCUT2D eigenvalue weighted by atomic mass is 9.93. The summed E-state index contributed by atoms with van der Waals surface area (Å²) in [6.07, 6.45) is 1.62. The number of benzene rings is 1. The zero-order valence-corrected chi connectivity index (χ0v) is 12.9.